The van der Waals surface area contributed by atoms with Gasteiger partial charge in [-0.15, -0.1) is 0 Å². The third kappa shape index (κ3) is 6.50. The molecule has 1 aromatic carbocycles. The fraction of sp³-hybridized carbons (Fsp3) is 0.571. The van der Waals surface area contributed by atoms with Crippen molar-refractivity contribution in [2.45, 2.75) is 30.6 Å². The van der Waals surface area contributed by atoms with Crippen molar-refractivity contribution in [1.82, 2.24) is 5.32 Å². The van der Waals surface area contributed by atoms with E-state index in [0.717, 1.165) is 5.56 Å². The average molecular weight is 321 g/mol. The molecular formula is C14H21F2NO3S. The second kappa shape index (κ2) is 7.82. The first kappa shape index (κ1) is 18.0. The third-order valence-electron chi connectivity index (χ3n) is 3.05. The fourth-order valence-corrected chi connectivity index (χ4v) is 3.04. The first-order valence-corrected chi connectivity index (χ1v) is 8.41. The average Bonchev–Trinajstić information content (AvgIpc) is 2.43. The highest BCUT2D eigenvalue weighted by atomic mass is 32.2. The number of rotatable bonds is 9. The van der Waals surface area contributed by atoms with Crippen molar-refractivity contribution in [1.29, 1.82) is 0 Å². The monoisotopic (exact) mass is 321 g/mol. The van der Waals surface area contributed by atoms with Crippen LogP contribution < -0.4 is 5.32 Å². The minimum absolute atomic E-state index is 0.0283. The smallest absolute Gasteiger partial charge is 0.271 e. The molecule has 0 spiro atoms. The summed E-state index contributed by atoms with van der Waals surface area (Å²) in [5.74, 6) is -3.11. The molecule has 0 heterocycles. The van der Waals surface area contributed by atoms with Crippen LogP contribution >= 0.6 is 0 Å². The zero-order valence-corrected chi connectivity index (χ0v) is 12.8. The molecule has 0 fully saturated rings. The summed E-state index contributed by atoms with van der Waals surface area (Å²) in [4.78, 5) is 0.278. The Hall–Kier alpha value is -1.05. The maximum Gasteiger partial charge on any atom is 0.271 e. The first-order chi connectivity index (χ1) is 9.77. The van der Waals surface area contributed by atoms with E-state index in [0.29, 0.717) is 13.0 Å². The molecule has 21 heavy (non-hydrogen) atoms. The molecule has 4 nitrogen and oxygen atoms in total. The summed E-state index contributed by atoms with van der Waals surface area (Å²) in [5.41, 5.74) is 0.987. The molecule has 0 saturated carbocycles. The predicted octanol–water partition coefficient (Wildman–Crippen LogP) is 1.77. The lowest BCUT2D eigenvalue weighted by Gasteiger charge is -2.13. The molecule has 1 rings (SSSR count). The quantitative estimate of drug-likeness (QED) is 0.680. The standard InChI is InChI=1S/C14H21F2NO3S/c1-12-3-5-13(6-4-12)21(19,20)10-2-8-17-9-7-14(15,16)11-18/h3-6,17-18H,2,7-11H2,1H3. The van der Waals surface area contributed by atoms with Crippen LogP contribution in [-0.2, 0) is 9.84 Å². The Morgan fingerprint density at radius 1 is 1.19 bits per heavy atom. The van der Waals surface area contributed by atoms with Crippen LogP contribution in [0.25, 0.3) is 0 Å². The van der Waals surface area contributed by atoms with Crippen molar-refractivity contribution in [3.05, 3.63) is 29.8 Å². The van der Waals surface area contributed by atoms with E-state index < -0.39 is 28.8 Å². The van der Waals surface area contributed by atoms with Crippen molar-refractivity contribution in [2.24, 2.45) is 0 Å². The number of hydrogen-bond acceptors (Lipinski definition) is 4. The molecule has 0 aliphatic heterocycles. The molecule has 0 unspecified atom stereocenters. The molecular weight excluding hydrogens is 300 g/mol. The van der Waals surface area contributed by atoms with Crippen molar-refractivity contribution < 1.29 is 22.3 Å². The molecule has 0 aliphatic rings. The molecule has 1 aromatic rings. The minimum atomic E-state index is -3.33. The van der Waals surface area contributed by atoms with Gasteiger partial charge in [-0.25, -0.2) is 17.2 Å². The Labute approximate surface area is 124 Å². The molecule has 7 heteroatoms. The van der Waals surface area contributed by atoms with E-state index in [1.54, 1.807) is 24.3 Å². The molecule has 0 saturated heterocycles. The summed E-state index contributed by atoms with van der Waals surface area (Å²) in [5, 5.41) is 11.1. The van der Waals surface area contributed by atoms with Crippen LogP contribution in [0.3, 0.4) is 0 Å². The SMILES string of the molecule is Cc1ccc(S(=O)(=O)CCCNCCC(F)(F)CO)cc1. The summed E-state index contributed by atoms with van der Waals surface area (Å²) in [6.07, 6.45) is -0.116. The van der Waals surface area contributed by atoms with Crippen LogP contribution in [0.1, 0.15) is 18.4 Å². The molecule has 2 N–H and O–H groups in total. The summed E-state index contributed by atoms with van der Waals surface area (Å²) in [6.45, 7) is 1.09. The van der Waals surface area contributed by atoms with Gasteiger partial charge in [-0.3, -0.25) is 0 Å². The largest absolute Gasteiger partial charge is 0.390 e. The van der Waals surface area contributed by atoms with Gasteiger partial charge in [0.05, 0.1) is 10.6 Å². The number of aryl methyl sites for hydroxylation is 1. The molecule has 0 aromatic heterocycles. The number of hydrogen-bond donors (Lipinski definition) is 2. The minimum Gasteiger partial charge on any atom is -0.390 e. The second-order valence-electron chi connectivity index (χ2n) is 5.00. The van der Waals surface area contributed by atoms with Gasteiger partial charge in [0.25, 0.3) is 5.92 Å². The maximum absolute atomic E-state index is 12.7. The molecule has 0 aliphatic carbocycles. The lowest BCUT2D eigenvalue weighted by molar-refractivity contribution is -0.0554. The van der Waals surface area contributed by atoms with Crippen LogP contribution in [0.2, 0.25) is 0 Å². The number of halogens is 2. The number of aliphatic hydroxyl groups is 1. The second-order valence-corrected chi connectivity index (χ2v) is 7.11. The van der Waals surface area contributed by atoms with Crippen molar-refractivity contribution in [3.8, 4) is 0 Å². The van der Waals surface area contributed by atoms with Crippen molar-refractivity contribution in [2.75, 3.05) is 25.4 Å². The zero-order chi connectivity index (χ0) is 15.9. The van der Waals surface area contributed by atoms with Gasteiger partial charge in [-0.2, -0.15) is 0 Å². The van der Waals surface area contributed by atoms with Crippen LogP contribution in [0.5, 0.6) is 0 Å². The predicted molar refractivity (Wildman–Crippen MR) is 77.4 cm³/mol. The Kier molecular flexibility index (Phi) is 6.70. The molecule has 0 atom stereocenters. The van der Waals surface area contributed by atoms with Crippen LogP contribution in [-0.4, -0.2) is 44.9 Å². The van der Waals surface area contributed by atoms with Gasteiger partial charge in [0.15, 0.2) is 9.84 Å². The first-order valence-electron chi connectivity index (χ1n) is 6.76. The Bertz CT molecular complexity index is 530. The highest BCUT2D eigenvalue weighted by molar-refractivity contribution is 7.91. The highest BCUT2D eigenvalue weighted by Crippen LogP contribution is 2.16. The van der Waals surface area contributed by atoms with E-state index in [1.807, 2.05) is 6.92 Å². The Morgan fingerprint density at radius 2 is 1.81 bits per heavy atom. The van der Waals surface area contributed by atoms with Crippen LogP contribution in [0.15, 0.2) is 29.2 Å². The van der Waals surface area contributed by atoms with Gasteiger partial charge in [0.2, 0.25) is 0 Å². The van der Waals surface area contributed by atoms with E-state index in [1.165, 1.54) is 0 Å². The number of aliphatic hydroxyl groups excluding tert-OH is 1. The molecule has 0 bridgehead atoms. The van der Waals surface area contributed by atoms with Gasteiger partial charge in [-0.05, 0) is 32.0 Å². The normalized spacial score (nSPS) is 12.6. The fourth-order valence-electron chi connectivity index (χ4n) is 1.73. The van der Waals surface area contributed by atoms with E-state index in [9.17, 15) is 17.2 Å². The van der Waals surface area contributed by atoms with E-state index in [-0.39, 0.29) is 17.2 Å². The zero-order valence-electron chi connectivity index (χ0n) is 12.0. The molecule has 120 valence electrons. The van der Waals surface area contributed by atoms with Gasteiger partial charge >= 0.3 is 0 Å². The summed E-state index contributed by atoms with van der Waals surface area (Å²) < 4.78 is 49.4. The molecule has 0 amide bonds. The topological polar surface area (TPSA) is 66.4 Å². The van der Waals surface area contributed by atoms with Crippen LogP contribution in [0.4, 0.5) is 8.78 Å². The number of nitrogens with one attached hydrogen (secondary N) is 1. The third-order valence-corrected chi connectivity index (χ3v) is 4.86. The Balaban J connectivity index is 2.30. The summed E-state index contributed by atoms with van der Waals surface area (Å²) in [7, 11) is -3.33. The van der Waals surface area contributed by atoms with Gasteiger partial charge in [0.1, 0.15) is 6.61 Å². The van der Waals surface area contributed by atoms with Crippen molar-refractivity contribution >= 4 is 9.84 Å². The van der Waals surface area contributed by atoms with E-state index >= 15 is 0 Å². The summed E-state index contributed by atoms with van der Waals surface area (Å²) >= 11 is 0. The van der Waals surface area contributed by atoms with E-state index in [4.69, 9.17) is 5.11 Å². The van der Waals surface area contributed by atoms with Gasteiger partial charge in [0, 0.05) is 13.0 Å². The van der Waals surface area contributed by atoms with Gasteiger partial charge < -0.3 is 10.4 Å². The lowest BCUT2D eigenvalue weighted by atomic mass is 10.2. The maximum atomic E-state index is 12.7. The highest BCUT2D eigenvalue weighted by Gasteiger charge is 2.26. The Morgan fingerprint density at radius 3 is 2.38 bits per heavy atom. The number of alkyl halides is 2. The summed E-state index contributed by atoms with van der Waals surface area (Å²) in [6, 6.07) is 6.62. The lowest BCUT2D eigenvalue weighted by Crippen LogP contribution is -2.29. The van der Waals surface area contributed by atoms with Gasteiger partial charge in [-0.1, -0.05) is 17.7 Å². The van der Waals surface area contributed by atoms with Crippen LogP contribution in [0, 0.1) is 6.92 Å². The van der Waals surface area contributed by atoms with E-state index in [2.05, 4.69) is 5.32 Å². The number of sulfone groups is 1. The van der Waals surface area contributed by atoms with Crippen molar-refractivity contribution in [3.63, 3.8) is 0 Å². The molecule has 0 radical (unpaired) electrons. The number of benzene rings is 1.